The Morgan fingerprint density at radius 1 is 0.930 bits per heavy atom. The number of carbonyl (C=O) groups excluding carboxylic acids is 2. The molecule has 0 radical (unpaired) electrons. The minimum Gasteiger partial charge on any atom is -0.404 e. The van der Waals surface area contributed by atoms with Gasteiger partial charge >= 0.3 is 11.8 Å². The molecule has 0 atom stereocenters. The molecule has 4 rings (SSSR count). The first-order valence-corrected chi connectivity index (χ1v) is 21.0. The Balaban J connectivity index is 0.00000146. The van der Waals surface area contributed by atoms with Crippen molar-refractivity contribution >= 4 is 29.3 Å². The molecule has 8 heteroatoms. The Hall–Kier alpha value is -5.16. The minimum atomic E-state index is -0.745. The maximum atomic E-state index is 15.0. The molecule has 2 aliphatic carbocycles. The molecule has 2 amide bonds. The fourth-order valence-corrected chi connectivity index (χ4v) is 5.22. The quantitative estimate of drug-likeness (QED) is 0.0625. The lowest BCUT2D eigenvalue weighted by Gasteiger charge is -2.30. The van der Waals surface area contributed by atoms with Crippen LogP contribution < -0.4 is 21.7 Å². The highest BCUT2D eigenvalue weighted by atomic mass is 19.1. The van der Waals surface area contributed by atoms with Crippen LogP contribution >= 0.6 is 0 Å². The molecule has 57 heavy (non-hydrogen) atoms. The van der Waals surface area contributed by atoms with Gasteiger partial charge < -0.3 is 21.7 Å². The molecule has 5 N–H and O–H groups in total. The summed E-state index contributed by atoms with van der Waals surface area (Å²) in [6.45, 7) is 21.1. The van der Waals surface area contributed by atoms with Gasteiger partial charge in [0.2, 0.25) is 0 Å². The number of nitrogens with one attached hydrogen (secondary N) is 3. The van der Waals surface area contributed by atoms with Crippen LogP contribution in [0.5, 0.6) is 0 Å². The summed E-state index contributed by atoms with van der Waals surface area (Å²) in [6, 6.07) is 12.9. The van der Waals surface area contributed by atoms with Crippen LogP contribution in [0.1, 0.15) is 142 Å². The third-order valence-electron chi connectivity index (χ3n) is 9.12. The van der Waals surface area contributed by atoms with Gasteiger partial charge in [-0.3, -0.25) is 14.6 Å². The number of carbonyl (C=O) groups is 2. The Kier molecular flexibility index (Phi) is 25.5. The number of hydrogen-bond acceptors (Lipinski definition) is 5. The number of allylic oxidation sites excluding steroid dienone is 7. The molecule has 2 aliphatic rings. The molecule has 0 saturated heterocycles. The monoisotopic (exact) mass is 780 g/mol. The highest BCUT2D eigenvalue weighted by molar-refractivity contribution is 6.35. The fourth-order valence-electron chi connectivity index (χ4n) is 5.22. The molecule has 0 aliphatic heterocycles. The zero-order valence-electron chi connectivity index (χ0n) is 36.1. The average molecular weight is 780 g/mol. The molecule has 0 aromatic heterocycles. The van der Waals surface area contributed by atoms with E-state index in [1.54, 1.807) is 24.4 Å². The van der Waals surface area contributed by atoms with Crippen molar-refractivity contribution in [3.63, 3.8) is 0 Å². The van der Waals surface area contributed by atoms with Crippen molar-refractivity contribution in [1.82, 2.24) is 16.0 Å². The normalized spacial score (nSPS) is 13.9. The number of nitrogens with two attached hydrogens (primary N) is 1. The number of aliphatic imine (C=N–C) groups is 1. The number of benzene rings is 2. The molecular weight excluding hydrogens is 710 g/mol. The number of nitrogens with zero attached hydrogens (tertiary/aromatic N) is 1. The number of unbranched alkanes of at least 4 members (excludes halogenated alkanes) is 2. The van der Waals surface area contributed by atoms with E-state index < -0.39 is 17.4 Å². The van der Waals surface area contributed by atoms with Crippen LogP contribution in [-0.2, 0) is 21.7 Å². The Morgan fingerprint density at radius 3 is 2.14 bits per heavy atom. The first-order valence-electron chi connectivity index (χ1n) is 21.0. The first kappa shape index (κ1) is 49.9. The van der Waals surface area contributed by atoms with Gasteiger partial charge in [-0.2, -0.15) is 0 Å². The zero-order chi connectivity index (χ0) is 42.5. The fraction of sp³-hybridized carbons (Fsp3) is 0.449. The highest BCUT2D eigenvalue weighted by Gasteiger charge is 2.46. The van der Waals surface area contributed by atoms with Crippen molar-refractivity contribution in [2.75, 3.05) is 13.1 Å². The van der Waals surface area contributed by atoms with Crippen LogP contribution in [0.15, 0.2) is 95.7 Å². The lowest BCUT2D eigenvalue weighted by molar-refractivity contribution is -0.139. The van der Waals surface area contributed by atoms with Crippen molar-refractivity contribution in [2.24, 2.45) is 10.7 Å². The SMILES string of the molecule is C=C/C=C\C=C(/C)C#CCNC(=O)C(=O)NCc1ccccc1C(NC1(c2cc(F)cc(/C(C=NCCC)=C/N)c2)CC1)=C1CCC1.CC.CCCC.CCCC. The minimum absolute atomic E-state index is 0.0529. The van der Waals surface area contributed by atoms with E-state index in [2.05, 4.69) is 67.1 Å². The molecule has 7 nitrogen and oxygen atoms in total. The van der Waals surface area contributed by atoms with Crippen LogP contribution in [0.2, 0.25) is 0 Å². The molecule has 0 spiro atoms. The summed E-state index contributed by atoms with van der Waals surface area (Å²) in [7, 11) is 0. The molecular formula is C49H70FN5O2. The predicted octanol–water partition coefficient (Wildman–Crippen LogP) is 10.8. The Bertz CT molecular complexity index is 1750. The van der Waals surface area contributed by atoms with Crippen LogP contribution in [0.4, 0.5) is 4.39 Å². The molecule has 0 unspecified atom stereocenters. The van der Waals surface area contributed by atoms with Gasteiger partial charge in [-0.15, -0.1) is 0 Å². The van der Waals surface area contributed by atoms with Crippen molar-refractivity contribution in [1.29, 1.82) is 0 Å². The molecule has 2 saturated carbocycles. The van der Waals surface area contributed by atoms with Gasteiger partial charge in [-0.05, 0) is 91.5 Å². The third kappa shape index (κ3) is 18.1. The van der Waals surface area contributed by atoms with Gasteiger partial charge in [0.25, 0.3) is 0 Å². The van der Waals surface area contributed by atoms with Gasteiger partial charge in [0, 0.05) is 42.3 Å². The van der Waals surface area contributed by atoms with E-state index in [9.17, 15) is 9.59 Å². The highest BCUT2D eigenvalue weighted by Crippen LogP contribution is 2.49. The van der Waals surface area contributed by atoms with Crippen LogP contribution in [0.3, 0.4) is 0 Å². The van der Waals surface area contributed by atoms with Gasteiger partial charge in [-0.1, -0.05) is 141 Å². The van der Waals surface area contributed by atoms with E-state index in [1.165, 1.54) is 43.5 Å². The summed E-state index contributed by atoms with van der Waals surface area (Å²) >= 11 is 0. The maximum Gasteiger partial charge on any atom is 0.310 e. The largest absolute Gasteiger partial charge is 0.404 e. The summed E-state index contributed by atoms with van der Waals surface area (Å²) in [5.74, 6) is 3.97. The summed E-state index contributed by atoms with van der Waals surface area (Å²) in [4.78, 5) is 29.5. The van der Waals surface area contributed by atoms with Gasteiger partial charge in [0.15, 0.2) is 0 Å². The van der Waals surface area contributed by atoms with Crippen molar-refractivity contribution < 1.29 is 14.0 Å². The van der Waals surface area contributed by atoms with Crippen LogP contribution in [-0.4, -0.2) is 31.1 Å². The van der Waals surface area contributed by atoms with Gasteiger partial charge in [0.1, 0.15) is 5.82 Å². The van der Waals surface area contributed by atoms with E-state index in [1.807, 2.05) is 70.2 Å². The summed E-state index contributed by atoms with van der Waals surface area (Å²) in [6.07, 6.45) is 21.2. The van der Waals surface area contributed by atoms with Crippen molar-refractivity contribution in [3.05, 3.63) is 119 Å². The van der Waals surface area contributed by atoms with E-state index >= 15 is 4.39 Å². The lowest BCUT2D eigenvalue weighted by atomic mass is 9.86. The Morgan fingerprint density at radius 2 is 1.58 bits per heavy atom. The van der Waals surface area contributed by atoms with Crippen LogP contribution in [0.25, 0.3) is 11.3 Å². The summed E-state index contributed by atoms with van der Waals surface area (Å²) in [5, 5.41) is 9.13. The number of amides is 2. The first-order chi connectivity index (χ1) is 27.6. The van der Waals surface area contributed by atoms with Crippen LogP contribution in [0, 0.1) is 17.7 Å². The van der Waals surface area contributed by atoms with Crippen molar-refractivity contribution in [3.8, 4) is 11.8 Å². The predicted molar refractivity (Wildman–Crippen MR) is 242 cm³/mol. The van der Waals surface area contributed by atoms with Gasteiger partial charge in [-0.25, -0.2) is 4.39 Å². The second kappa shape index (κ2) is 29.1. The van der Waals surface area contributed by atoms with Crippen molar-refractivity contribution in [2.45, 2.75) is 132 Å². The summed E-state index contributed by atoms with van der Waals surface area (Å²) < 4.78 is 15.0. The maximum absolute atomic E-state index is 15.0. The standard InChI is InChI=1S/C39H44FN5O2.2C4H10.C2H6/c1-4-6-7-12-28(3)13-11-21-43-37(46)38(47)44-27-30-14-8-9-17-35(30)36(29-15-10-16-29)45-39(18-19-39)33-22-31(23-34(40)24-33)32(25-41)26-42-20-5-2;2*1-3-4-2;1-2/h4,6-9,12,14,17,22-26,45H,1,5,10,15-16,18-21,27,41H2,2-3H3,(H,43,46)(H,44,47);2*3-4H2,1-2H3;1-2H3/b7-6-,28-12+,32-25+,42-26?;;;. The average Bonchev–Trinajstić information content (AvgIpc) is 4.01. The number of hydrogen-bond donors (Lipinski definition) is 4. The number of rotatable bonds is 15. The molecule has 2 aromatic rings. The van der Waals surface area contributed by atoms with Gasteiger partial charge in [0.05, 0.1) is 12.1 Å². The smallest absolute Gasteiger partial charge is 0.310 e. The molecule has 0 heterocycles. The lowest BCUT2D eigenvalue weighted by Crippen LogP contribution is -2.40. The third-order valence-corrected chi connectivity index (χ3v) is 9.12. The van der Waals surface area contributed by atoms with E-state index in [4.69, 9.17) is 5.73 Å². The van der Waals surface area contributed by atoms with E-state index in [0.29, 0.717) is 17.7 Å². The van der Waals surface area contributed by atoms with E-state index in [0.717, 1.165) is 66.5 Å². The molecule has 0 bridgehead atoms. The summed E-state index contributed by atoms with van der Waals surface area (Å²) in [5.41, 5.74) is 12.7. The molecule has 310 valence electrons. The van der Waals surface area contributed by atoms with E-state index in [-0.39, 0.29) is 18.9 Å². The second-order valence-corrected chi connectivity index (χ2v) is 13.7. The zero-order valence-corrected chi connectivity index (χ0v) is 36.1. The molecule has 2 fully saturated rings. The topological polar surface area (TPSA) is 109 Å². The molecule has 2 aromatic carbocycles. The second-order valence-electron chi connectivity index (χ2n) is 13.7. The number of halogens is 1. The Labute approximate surface area is 344 Å².